The molecule has 1 rings (SSSR count). The van der Waals surface area contributed by atoms with Crippen LogP contribution in [0, 0.1) is 0 Å². The Balaban J connectivity index is 1.79. The van der Waals surface area contributed by atoms with E-state index in [9.17, 15) is 4.79 Å². The lowest BCUT2D eigenvalue weighted by atomic mass is 10.2. The third-order valence-corrected chi connectivity index (χ3v) is 3.50. The molecule has 0 aromatic heterocycles. The highest BCUT2D eigenvalue weighted by Crippen LogP contribution is 2.06. The molecule has 0 spiro atoms. The van der Waals surface area contributed by atoms with E-state index in [-0.39, 0.29) is 5.97 Å². The molecule has 21 heavy (non-hydrogen) atoms. The maximum Gasteiger partial charge on any atom is 0.346 e. The SMILES string of the molecule is O=C(OCCCCCOCCCCCCS)C1=C=CC=C1. The monoisotopic (exact) mass is 310 g/mol. The topological polar surface area (TPSA) is 35.5 Å². The van der Waals surface area contributed by atoms with Crippen LogP contribution in [0.25, 0.3) is 0 Å². The molecule has 3 nitrogen and oxygen atoms in total. The Labute approximate surface area is 133 Å². The van der Waals surface area contributed by atoms with Gasteiger partial charge in [0.2, 0.25) is 0 Å². The minimum atomic E-state index is -0.280. The Morgan fingerprint density at radius 1 is 1.00 bits per heavy atom. The van der Waals surface area contributed by atoms with Crippen molar-refractivity contribution in [3.8, 4) is 0 Å². The zero-order chi connectivity index (χ0) is 15.2. The lowest BCUT2D eigenvalue weighted by Crippen LogP contribution is -2.07. The molecule has 0 aliphatic heterocycles. The van der Waals surface area contributed by atoms with Crippen LogP contribution in [0.2, 0.25) is 0 Å². The summed E-state index contributed by atoms with van der Waals surface area (Å²) in [5, 5.41) is 0. The van der Waals surface area contributed by atoms with Crippen molar-refractivity contribution in [2.45, 2.75) is 44.9 Å². The standard InChI is InChI=1S/C17H26O3S/c18-17(16-10-4-5-11-16)20-14-8-3-7-13-19-12-6-1-2-9-15-21/h4-5,10,21H,1-3,6-9,12-15H2. The first-order valence-corrected chi connectivity index (χ1v) is 8.47. The van der Waals surface area contributed by atoms with Gasteiger partial charge in [0.1, 0.15) is 5.57 Å². The fourth-order valence-corrected chi connectivity index (χ4v) is 2.18. The zero-order valence-corrected chi connectivity index (χ0v) is 13.6. The van der Waals surface area contributed by atoms with Gasteiger partial charge < -0.3 is 9.47 Å². The minimum Gasteiger partial charge on any atom is -0.462 e. The number of carbonyl (C=O) groups excluding carboxylic acids is 1. The van der Waals surface area contributed by atoms with Crippen molar-refractivity contribution in [3.63, 3.8) is 0 Å². The highest BCUT2D eigenvalue weighted by molar-refractivity contribution is 7.80. The fourth-order valence-electron chi connectivity index (χ4n) is 1.95. The van der Waals surface area contributed by atoms with Crippen LogP contribution in [-0.4, -0.2) is 31.5 Å². The number of carbonyl (C=O) groups is 1. The lowest BCUT2D eigenvalue weighted by molar-refractivity contribution is -0.138. The number of esters is 1. The summed E-state index contributed by atoms with van der Waals surface area (Å²) in [5.74, 6) is 0.701. The summed E-state index contributed by atoms with van der Waals surface area (Å²) in [5.41, 5.74) is 3.34. The van der Waals surface area contributed by atoms with E-state index >= 15 is 0 Å². The summed E-state index contributed by atoms with van der Waals surface area (Å²) in [6.45, 7) is 2.13. The molecule has 0 saturated heterocycles. The van der Waals surface area contributed by atoms with Gasteiger partial charge in [-0.25, -0.2) is 4.79 Å². The van der Waals surface area contributed by atoms with Crippen LogP contribution < -0.4 is 0 Å². The van der Waals surface area contributed by atoms with Gasteiger partial charge in [-0.15, -0.1) is 5.73 Å². The second-order valence-electron chi connectivity index (χ2n) is 5.03. The Morgan fingerprint density at radius 3 is 2.33 bits per heavy atom. The molecule has 1 aliphatic carbocycles. The molecule has 0 atom stereocenters. The summed E-state index contributed by atoms with van der Waals surface area (Å²) in [4.78, 5) is 11.5. The molecular formula is C17H26O3S. The van der Waals surface area contributed by atoms with Gasteiger partial charge >= 0.3 is 5.97 Å². The number of thiol groups is 1. The maximum absolute atomic E-state index is 11.5. The Kier molecular flexibility index (Phi) is 11.0. The van der Waals surface area contributed by atoms with Crippen molar-refractivity contribution in [2.24, 2.45) is 0 Å². The smallest absolute Gasteiger partial charge is 0.346 e. The van der Waals surface area contributed by atoms with Gasteiger partial charge in [0.05, 0.1) is 6.61 Å². The average Bonchev–Trinajstić information content (AvgIpc) is 3.02. The third-order valence-electron chi connectivity index (χ3n) is 3.18. The highest BCUT2D eigenvalue weighted by atomic mass is 32.1. The van der Waals surface area contributed by atoms with Crippen molar-refractivity contribution in [1.29, 1.82) is 0 Å². The lowest BCUT2D eigenvalue weighted by Gasteiger charge is -2.05. The number of allylic oxidation sites excluding steroid dienone is 1. The quantitative estimate of drug-likeness (QED) is 0.243. The highest BCUT2D eigenvalue weighted by Gasteiger charge is 2.08. The molecule has 1 aliphatic rings. The van der Waals surface area contributed by atoms with E-state index in [2.05, 4.69) is 18.4 Å². The first kappa shape index (κ1) is 18.1. The van der Waals surface area contributed by atoms with Crippen LogP contribution >= 0.6 is 12.6 Å². The van der Waals surface area contributed by atoms with E-state index in [1.807, 2.05) is 0 Å². The van der Waals surface area contributed by atoms with Gasteiger partial charge in [-0.2, -0.15) is 12.6 Å². The molecule has 4 heteroatoms. The third kappa shape index (κ3) is 9.57. The van der Waals surface area contributed by atoms with Gasteiger partial charge in [0.25, 0.3) is 0 Å². The molecule has 118 valence electrons. The summed E-state index contributed by atoms with van der Waals surface area (Å²) in [6, 6.07) is 0. The van der Waals surface area contributed by atoms with Crippen LogP contribution in [-0.2, 0) is 14.3 Å². The van der Waals surface area contributed by atoms with Crippen LogP contribution in [0.4, 0.5) is 0 Å². The molecule has 0 aromatic carbocycles. The molecule has 0 heterocycles. The predicted molar refractivity (Wildman–Crippen MR) is 88.7 cm³/mol. The van der Waals surface area contributed by atoms with E-state index in [0.29, 0.717) is 12.2 Å². The second-order valence-corrected chi connectivity index (χ2v) is 5.48. The number of hydrogen-bond acceptors (Lipinski definition) is 4. The number of ether oxygens (including phenoxy) is 2. The summed E-state index contributed by atoms with van der Waals surface area (Å²) >= 11 is 4.19. The zero-order valence-electron chi connectivity index (χ0n) is 12.7. The van der Waals surface area contributed by atoms with Gasteiger partial charge in [0.15, 0.2) is 0 Å². The van der Waals surface area contributed by atoms with Gasteiger partial charge in [-0.3, -0.25) is 0 Å². The largest absolute Gasteiger partial charge is 0.462 e. The number of hydrogen-bond donors (Lipinski definition) is 1. The second kappa shape index (κ2) is 12.8. The summed E-state index contributed by atoms with van der Waals surface area (Å²) in [7, 11) is 0. The molecule has 0 amide bonds. The summed E-state index contributed by atoms with van der Waals surface area (Å²) in [6.07, 6.45) is 13.0. The molecule has 0 fully saturated rings. The minimum absolute atomic E-state index is 0.280. The Hall–Kier alpha value is -0.960. The van der Waals surface area contributed by atoms with Gasteiger partial charge in [-0.1, -0.05) is 18.9 Å². The van der Waals surface area contributed by atoms with Crippen LogP contribution in [0.1, 0.15) is 44.9 Å². The molecule has 0 saturated carbocycles. The predicted octanol–water partition coefficient (Wildman–Crippen LogP) is 3.86. The van der Waals surface area contributed by atoms with Crippen LogP contribution in [0.5, 0.6) is 0 Å². The van der Waals surface area contributed by atoms with Crippen LogP contribution in [0.15, 0.2) is 29.5 Å². The molecule has 0 radical (unpaired) electrons. The van der Waals surface area contributed by atoms with E-state index in [0.717, 1.165) is 44.6 Å². The normalized spacial score (nSPS) is 12.7. The summed E-state index contributed by atoms with van der Waals surface area (Å²) < 4.78 is 10.7. The van der Waals surface area contributed by atoms with Crippen molar-refractivity contribution in [2.75, 3.05) is 25.6 Å². The van der Waals surface area contributed by atoms with Crippen molar-refractivity contribution in [3.05, 3.63) is 29.5 Å². The van der Waals surface area contributed by atoms with E-state index < -0.39 is 0 Å². The Bertz CT molecular complexity index is 381. The van der Waals surface area contributed by atoms with Crippen molar-refractivity contribution < 1.29 is 14.3 Å². The molecule has 0 N–H and O–H groups in total. The van der Waals surface area contributed by atoms with E-state index in [4.69, 9.17) is 9.47 Å². The Morgan fingerprint density at radius 2 is 1.67 bits per heavy atom. The van der Waals surface area contributed by atoms with Crippen molar-refractivity contribution >= 4 is 18.6 Å². The molecular weight excluding hydrogens is 284 g/mol. The van der Waals surface area contributed by atoms with Gasteiger partial charge in [0, 0.05) is 13.2 Å². The van der Waals surface area contributed by atoms with Crippen molar-refractivity contribution in [1.82, 2.24) is 0 Å². The first-order valence-electron chi connectivity index (χ1n) is 7.83. The average molecular weight is 310 g/mol. The molecule has 0 bridgehead atoms. The fraction of sp³-hybridized carbons (Fsp3) is 0.647. The molecule has 0 unspecified atom stereocenters. The van der Waals surface area contributed by atoms with E-state index in [1.54, 1.807) is 18.2 Å². The number of unbranched alkanes of at least 4 members (excludes halogenated alkanes) is 5. The van der Waals surface area contributed by atoms with Crippen LogP contribution in [0.3, 0.4) is 0 Å². The van der Waals surface area contributed by atoms with E-state index in [1.165, 1.54) is 19.3 Å². The maximum atomic E-state index is 11.5. The molecule has 0 aromatic rings. The number of rotatable bonds is 13. The first-order chi connectivity index (χ1) is 10.3. The van der Waals surface area contributed by atoms with Gasteiger partial charge in [-0.05, 0) is 50.0 Å².